The molecule has 1 aromatic heterocycles. The van der Waals surface area contributed by atoms with E-state index in [0.717, 1.165) is 5.39 Å². The van der Waals surface area contributed by atoms with Gasteiger partial charge in [0.2, 0.25) is 0 Å². The van der Waals surface area contributed by atoms with E-state index in [1.165, 1.54) is 13.3 Å². The van der Waals surface area contributed by atoms with Gasteiger partial charge in [-0.3, -0.25) is 14.4 Å². The molecule has 0 fully saturated rings. The highest BCUT2D eigenvalue weighted by atomic mass is 16.5. The maximum Gasteiger partial charge on any atom is 0.329 e. The molecule has 3 rings (SSSR count). The van der Waals surface area contributed by atoms with E-state index in [1.807, 2.05) is 18.2 Å². The van der Waals surface area contributed by atoms with Gasteiger partial charge in [0, 0.05) is 17.3 Å². The maximum absolute atomic E-state index is 12.0. The number of aromatic amines is 1. The summed E-state index contributed by atoms with van der Waals surface area (Å²) < 4.78 is 5.04. The molecule has 0 saturated carbocycles. The monoisotopic (exact) mass is 364 g/mol. The molecule has 0 bridgehead atoms. The first-order valence-corrected chi connectivity index (χ1v) is 7.97. The van der Waals surface area contributed by atoms with Crippen molar-refractivity contribution in [1.29, 1.82) is 0 Å². The zero-order chi connectivity index (χ0) is 19.2. The number of para-hydroxylation sites is 1. The topological polar surface area (TPSA) is 113 Å². The minimum atomic E-state index is -0.966. The van der Waals surface area contributed by atoms with Crippen molar-refractivity contribution in [2.75, 3.05) is 12.4 Å². The fourth-order valence-electron chi connectivity index (χ4n) is 2.36. The Labute approximate surface area is 153 Å². The minimum Gasteiger partial charge on any atom is -0.497 e. The fraction of sp³-hybridized carbons (Fsp3) is 0.0526. The Morgan fingerprint density at radius 3 is 2.70 bits per heavy atom. The van der Waals surface area contributed by atoms with Crippen LogP contribution in [-0.4, -0.2) is 30.1 Å². The molecule has 0 spiro atoms. The molecule has 1 heterocycles. The Hall–Kier alpha value is -3.94. The van der Waals surface area contributed by atoms with Crippen LogP contribution in [0.2, 0.25) is 0 Å². The number of anilines is 1. The summed E-state index contributed by atoms with van der Waals surface area (Å²) in [6, 6.07) is 15.5. The molecule has 27 heavy (non-hydrogen) atoms. The van der Waals surface area contributed by atoms with Crippen LogP contribution in [0.4, 0.5) is 5.69 Å². The zero-order valence-electron chi connectivity index (χ0n) is 14.4. The molecule has 0 unspecified atom stereocenters. The van der Waals surface area contributed by atoms with Crippen molar-refractivity contribution in [2.45, 2.75) is 0 Å². The summed E-state index contributed by atoms with van der Waals surface area (Å²) in [6.45, 7) is 0. The van der Waals surface area contributed by atoms with Crippen LogP contribution in [0, 0.1) is 0 Å². The Kier molecular flexibility index (Phi) is 5.27. The van der Waals surface area contributed by atoms with Gasteiger partial charge in [0.25, 0.3) is 5.56 Å². The van der Waals surface area contributed by atoms with Crippen LogP contribution in [0.25, 0.3) is 10.9 Å². The third kappa shape index (κ3) is 4.37. The number of fused-ring (bicyclic) bond motifs is 1. The molecule has 2 amide bonds. The van der Waals surface area contributed by atoms with E-state index < -0.39 is 11.8 Å². The second-order valence-corrected chi connectivity index (χ2v) is 5.53. The molecule has 8 nitrogen and oxygen atoms in total. The average Bonchev–Trinajstić information content (AvgIpc) is 2.68. The Bertz CT molecular complexity index is 1090. The Balaban J connectivity index is 1.65. The highest BCUT2D eigenvalue weighted by Crippen LogP contribution is 2.16. The van der Waals surface area contributed by atoms with Crippen LogP contribution in [0.5, 0.6) is 5.75 Å². The standard InChI is InChI=1S/C19H16N4O4/c1-27-15-7-4-6-14(10-15)21-18(25)19(26)23-20-11-13-9-12-5-2-3-8-16(12)22-17(13)24/h2-11H,1H3,(H,21,25)(H,22,24)(H,23,26)/b20-11-. The largest absolute Gasteiger partial charge is 0.497 e. The van der Waals surface area contributed by atoms with E-state index in [2.05, 4.69) is 20.8 Å². The number of hydrazone groups is 1. The van der Waals surface area contributed by atoms with Gasteiger partial charge in [-0.15, -0.1) is 0 Å². The highest BCUT2D eigenvalue weighted by Gasteiger charge is 2.13. The first-order chi connectivity index (χ1) is 13.1. The molecule has 0 aliphatic rings. The van der Waals surface area contributed by atoms with Crippen molar-refractivity contribution < 1.29 is 14.3 Å². The van der Waals surface area contributed by atoms with Gasteiger partial charge in [-0.1, -0.05) is 24.3 Å². The number of nitrogens with zero attached hydrogens (tertiary/aromatic N) is 1. The van der Waals surface area contributed by atoms with Gasteiger partial charge in [0.15, 0.2) is 0 Å². The summed E-state index contributed by atoms with van der Waals surface area (Å²) in [5, 5.41) is 6.92. The number of H-pyrrole nitrogens is 1. The van der Waals surface area contributed by atoms with E-state index in [9.17, 15) is 14.4 Å². The number of carbonyl (C=O) groups is 2. The van der Waals surface area contributed by atoms with E-state index in [0.29, 0.717) is 17.0 Å². The number of ether oxygens (including phenoxy) is 1. The van der Waals surface area contributed by atoms with Gasteiger partial charge in [0.05, 0.1) is 18.9 Å². The van der Waals surface area contributed by atoms with Gasteiger partial charge in [-0.05, 0) is 29.7 Å². The van der Waals surface area contributed by atoms with Crippen molar-refractivity contribution in [3.8, 4) is 5.75 Å². The van der Waals surface area contributed by atoms with Crippen LogP contribution in [-0.2, 0) is 9.59 Å². The molecule has 136 valence electrons. The molecular weight excluding hydrogens is 348 g/mol. The Morgan fingerprint density at radius 1 is 1.07 bits per heavy atom. The van der Waals surface area contributed by atoms with Crippen LogP contribution in [0.3, 0.4) is 0 Å². The molecule has 0 radical (unpaired) electrons. The maximum atomic E-state index is 12.0. The van der Waals surface area contributed by atoms with E-state index in [-0.39, 0.29) is 11.1 Å². The number of amides is 2. The van der Waals surface area contributed by atoms with Crippen LogP contribution in [0.1, 0.15) is 5.56 Å². The molecule has 2 aromatic carbocycles. The summed E-state index contributed by atoms with van der Waals surface area (Å²) in [5.41, 5.74) is 3.09. The summed E-state index contributed by atoms with van der Waals surface area (Å²) in [5.74, 6) is -1.32. The molecular formula is C19H16N4O4. The molecule has 0 aliphatic carbocycles. The first-order valence-electron chi connectivity index (χ1n) is 7.97. The van der Waals surface area contributed by atoms with Crippen molar-refractivity contribution in [3.63, 3.8) is 0 Å². The molecule has 8 heteroatoms. The molecule has 3 aromatic rings. The van der Waals surface area contributed by atoms with Gasteiger partial charge in [-0.2, -0.15) is 5.10 Å². The molecule has 0 aliphatic heterocycles. The lowest BCUT2D eigenvalue weighted by Gasteiger charge is -2.05. The molecule has 0 atom stereocenters. The SMILES string of the molecule is COc1cccc(NC(=O)C(=O)N/N=C\c2cc3ccccc3[nH]c2=O)c1. The van der Waals surface area contributed by atoms with Gasteiger partial charge < -0.3 is 15.0 Å². The summed E-state index contributed by atoms with van der Waals surface area (Å²) in [6.07, 6.45) is 1.18. The molecule has 3 N–H and O–H groups in total. The third-order valence-corrected chi connectivity index (χ3v) is 3.69. The predicted molar refractivity (Wildman–Crippen MR) is 102 cm³/mol. The lowest BCUT2D eigenvalue weighted by atomic mass is 10.2. The van der Waals surface area contributed by atoms with E-state index >= 15 is 0 Å². The second kappa shape index (κ2) is 7.96. The lowest BCUT2D eigenvalue weighted by Crippen LogP contribution is -2.32. The predicted octanol–water partition coefficient (Wildman–Crippen LogP) is 1.63. The second-order valence-electron chi connectivity index (χ2n) is 5.53. The first kappa shape index (κ1) is 17.9. The number of benzene rings is 2. The Morgan fingerprint density at radius 2 is 1.89 bits per heavy atom. The third-order valence-electron chi connectivity index (χ3n) is 3.69. The number of hydrogen-bond acceptors (Lipinski definition) is 5. The normalized spacial score (nSPS) is 10.7. The van der Waals surface area contributed by atoms with Crippen molar-refractivity contribution in [3.05, 3.63) is 70.5 Å². The van der Waals surface area contributed by atoms with E-state index in [1.54, 1.807) is 36.4 Å². The summed E-state index contributed by atoms with van der Waals surface area (Å²) in [4.78, 5) is 38.4. The van der Waals surface area contributed by atoms with Gasteiger partial charge in [-0.25, -0.2) is 5.43 Å². The number of nitrogens with one attached hydrogen (secondary N) is 3. The zero-order valence-corrected chi connectivity index (χ0v) is 14.4. The summed E-state index contributed by atoms with van der Waals surface area (Å²) >= 11 is 0. The number of methoxy groups -OCH3 is 1. The number of hydrogen-bond donors (Lipinski definition) is 3. The number of aromatic nitrogens is 1. The average molecular weight is 364 g/mol. The van der Waals surface area contributed by atoms with Crippen molar-refractivity contribution >= 4 is 34.6 Å². The van der Waals surface area contributed by atoms with Crippen LogP contribution in [0.15, 0.2) is 64.5 Å². The minimum absolute atomic E-state index is 0.252. The fourth-order valence-corrected chi connectivity index (χ4v) is 2.36. The molecule has 0 saturated heterocycles. The number of carbonyl (C=O) groups excluding carboxylic acids is 2. The summed E-state index contributed by atoms with van der Waals surface area (Å²) in [7, 11) is 1.50. The number of rotatable bonds is 4. The lowest BCUT2D eigenvalue weighted by molar-refractivity contribution is -0.136. The smallest absolute Gasteiger partial charge is 0.329 e. The van der Waals surface area contributed by atoms with Gasteiger partial charge in [0.1, 0.15) is 5.75 Å². The van der Waals surface area contributed by atoms with Gasteiger partial charge >= 0.3 is 11.8 Å². The highest BCUT2D eigenvalue weighted by molar-refractivity contribution is 6.39. The van der Waals surface area contributed by atoms with Crippen LogP contribution >= 0.6 is 0 Å². The van der Waals surface area contributed by atoms with Crippen molar-refractivity contribution in [2.24, 2.45) is 5.10 Å². The van der Waals surface area contributed by atoms with E-state index in [4.69, 9.17) is 4.74 Å². The quantitative estimate of drug-likeness (QED) is 0.371. The van der Waals surface area contributed by atoms with Crippen molar-refractivity contribution in [1.82, 2.24) is 10.4 Å². The van der Waals surface area contributed by atoms with Crippen LogP contribution < -0.4 is 21.0 Å². The number of pyridine rings is 1.